The molecule has 2 saturated heterocycles. The van der Waals surface area contributed by atoms with Gasteiger partial charge in [-0.1, -0.05) is 0 Å². The summed E-state index contributed by atoms with van der Waals surface area (Å²) in [7, 11) is 1.47. The second kappa shape index (κ2) is 4.55. The predicted molar refractivity (Wildman–Crippen MR) is 71.3 cm³/mol. The Labute approximate surface area is 119 Å². The second-order valence-electron chi connectivity index (χ2n) is 5.03. The standard InChI is InChI=1S/C12H14N4O3S/c1-15-10(18)12(14-11(15)19)2-4-16(5-3-12)9(17)8-6-13-7-20-8/h6-7H,2-5H2,1H3,(H,14,19). The minimum Gasteiger partial charge on any atom is -0.338 e. The van der Waals surface area contributed by atoms with Crippen molar-refractivity contribution in [3.63, 3.8) is 0 Å². The van der Waals surface area contributed by atoms with Crippen LogP contribution in [0, 0.1) is 0 Å². The molecule has 0 bridgehead atoms. The molecule has 20 heavy (non-hydrogen) atoms. The maximum atomic E-state index is 12.2. The average Bonchev–Trinajstić information content (AvgIpc) is 3.05. The highest BCUT2D eigenvalue weighted by Gasteiger charge is 2.51. The van der Waals surface area contributed by atoms with Gasteiger partial charge in [-0.05, 0) is 12.8 Å². The number of nitrogens with zero attached hydrogens (tertiary/aromatic N) is 3. The van der Waals surface area contributed by atoms with Crippen LogP contribution in [0.4, 0.5) is 4.79 Å². The summed E-state index contributed by atoms with van der Waals surface area (Å²) in [6, 6.07) is -0.364. The molecule has 1 spiro atoms. The van der Waals surface area contributed by atoms with Gasteiger partial charge in [0, 0.05) is 20.1 Å². The molecular weight excluding hydrogens is 280 g/mol. The lowest BCUT2D eigenvalue weighted by Crippen LogP contribution is -2.55. The first-order valence-corrected chi connectivity index (χ1v) is 7.19. The second-order valence-corrected chi connectivity index (χ2v) is 5.92. The third kappa shape index (κ3) is 1.87. The van der Waals surface area contributed by atoms with Gasteiger partial charge in [-0.15, -0.1) is 11.3 Å². The number of aromatic nitrogens is 1. The third-order valence-corrected chi connectivity index (χ3v) is 4.67. The first kappa shape index (κ1) is 13.0. The topological polar surface area (TPSA) is 82.6 Å². The van der Waals surface area contributed by atoms with E-state index in [-0.39, 0.29) is 17.8 Å². The SMILES string of the molecule is CN1C(=O)NC2(CCN(C(=O)c3cncs3)CC2)C1=O. The third-order valence-electron chi connectivity index (χ3n) is 3.91. The number of rotatable bonds is 1. The first-order valence-electron chi connectivity index (χ1n) is 6.31. The van der Waals surface area contributed by atoms with E-state index in [1.54, 1.807) is 16.6 Å². The molecule has 0 radical (unpaired) electrons. The highest BCUT2D eigenvalue weighted by Crippen LogP contribution is 2.29. The van der Waals surface area contributed by atoms with E-state index in [1.807, 2.05) is 0 Å². The summed E-state index contributed by atoms with van der Waals surface area (Å²) in [4.78, 5) is 43.2. The Bertz CT molecular complexity index is 563. The Morgan fingerprint density at radius 1 is 1.40 bits per heavy atom. The molecule has 3 heterocycles. The lowest BCUT2D eigenvalue weighted by Gasteiger charge is -2.36. The fourth-order valence-electron chi connectivity index (χ4n) is 2.66. The van der Waals surface area contributed by atoms with Crippen molar-refractivity contribution in [2.24, 2.45) is 0 Å². The number of nitrogens with one attached hydrogen (secondary N) is 1. The number of imide groups is 1. The molecule has 1 aromatic rings. The van der Waals surface area contributed by atoms with Crippen LogP contribution >= 0.6 is 11.3 Å². The van der Waals surface area contributed by atoms with Crippen LogP contribution in [0.25, 0.3) is 0 Å². The van der Waals surface area contributed by atoms with Gasteiger partial charge in [0.2, 0.25) is 0 Å². The van der Waals surface area contributed by atoms with Crippen LogP contribution in [0.5, 0.6) is 0 Å². The van der Waals surface area contributed by atoms with E-state index in [4.69, 9.17) is 0 Å². The molecule has 0 aliphatic carbocycles. The zero-order valence-electron chi connectivity index (χ0n) is 11.0. The number of thiazole rings is 1. The molecule has 3 rings (SSSR count). The molecule has 8 heteroatoms. The molecule has 2 aliphatic heterocycles. The van der Waals surface area contributed by atoms with Gasteiger partial charge >= 0.3 is 6.03 Å². The van der Waals surface area contributed by atoms with E-state index in [2.05, 4.69) is 10.3 Å². The molecule has 0 atom stereocenters. The summed E-state index contributed by atoms with van der Waals surface area (Å²) in [5.74, 6) is -0.264. The molecule has 2 fully saturated rings. The maximum Gasteiger partial charge on any atom is 0.324 e. The molecule has 0 unspecified atom stereocenters. The lowest BCUT2D eigenvalue weighted by atomic mass is 9.87. The fourth-order valence-corrected chi connectivity index (χ4v) is 3.25. The Balaban J connectivity index is 1.70. The van der Waals surface area contributed by atoms with Crippen LogP contribution in [0.3, 0.4) is 0 Å². The van der Waals surface area contributed by atoms with Crippen LogP contribution in [0.1, 0.15) is 22.5 Å². The highest BCUT2D eigenvalue weighted by molar-refractivity contribution is 7.11. The monoisotopic (exact) mass is 294 g/mol. The largest absolute Gasteiger partial charge is 0.338 e. The van der Waals surface area contributed by atoms with E-state index in [0.29, 0.717) is 30.8 Å². The van der Waals surface area contributed by atoms with Crippen molar-refractivity contribution in [2.45, 2.75) is 18.4 Å². The van der Waals surface area contributed by atoms with Gasteiger partial charge in [0.05, 0.1) is 11.7 Å². The zero-order chi connectivity index (χ0) is 14.3. The minimum atomic E-state index is -0.823. The van der Waals surface area contributed by atoms with Crippen LogP contribution in [-0.2, 0) is 4.79 Å². The maximum absolute atomic E-state index is 12.2. The molecule has 0 saturated carbocycles. The van der Waals surface area contributed by atoms with Gasteiger partial charge < -0.3 is 10.2 Å². The minimum absolute atomic E-state index is 0.0625. The Hall–Kier alpha value is -1.96. The van der Waals surface area contributed by atoms with Gasteiger partial charge in [-0.2, -0.15) is 0 Å². The Morgan fingerprint density at radius 2 is 2.10 bits per heavy atom. The highest BCUT2D eigenvalue weighted by atomic mass is 32.1. The summed E-state index contributed by atoms with van der Waals surface area (Å²) in [5, 5.41) is 2.75. The fraction of sp³-hybridized carbons (Fsp3) is 0.500. The summed E-state index contributed by atoms with van der Waals surface area (Å²) in [6.07, 6.45) is 2.45. The number of piperidine rings is 1. The van der Waals surface area contributed by atoms with Gasteiger partial charge in [0.1, 0.15) is 10.4 Å². The number of likely N-dealkylation sites (tertiary alicyclic amines) is 1. The van der Waals surface area contributed by atoms with Crippen molar-refractivity contribution >= 4 is 29.2 Å². The summed E-state index contributed by atoms with van der Waals surface area (Å²) >= 11 is 1.30. The quantitative estimate of drug-likeness (QED) is 0.755. The number of likely N-dealkylation sites (N-methyl/N-ethyl adjacent to an activating group) is 1. The number of carbonyl (C=O) groups excluding carboxylic acids is 3. The average molecular weight is 294 g/mol. The first-order chi connectivity index (χ1) is 9.53. The summed E-state index contributed by atoms with van der Waals surface area (Å²) < 4.78 is 0. The summed E-state index contributed by atoms with van der Waals surface area (Å²) in [6.45, 7) is 0.910. The molecule has 106 valence electrons. The summed E-state index contributed by atoms with van der Waals surface area (Å²) in [5.41, 5.74) is 0.796. The normalized spacial score (nSPS) is 21.4. The van der Waals surface area contributed by atoms with E-state index in [0.717, 1.165) is 4.90 Å². The van der Waals surface area contributed by atoms with Crippen LogP contribution < -0.4 is 5.32 Å². The molecule has 7 nitrogen and oxygen atoms in total. The number of urea groups is 1. The van der Waals surface area contributed by atoms with Crippen molar-refractivity contribution < 1.29 is 14.4 Å². The molecular formula is C12H14N4O3S. The number of hydrogen-bond donors (Lipinski definition) is 1. The van der Waals surface area contributed by atoms with Gasteiger partial charge in [-0.25, -0.2) is 4.79 Å². The lowest BCUT2D eigenvalue weighted by molar-refractivity contribution is -0.131. The van der Waals surface area contributed by atoms with Crippen molar-refractivity contribution in [1.82, 2.24) is 20.1 Å². The number of hydrogen-bond acceptors (Lipinski definition) is 5. The zero-order valence-corrected chi connectivity index (χ0v) is 11.8. The van der Waals surface area contributed by atoms with Gasteiger partial charge in [0.25, 0.3) is 11.8 Å². The van der Waals surface area contributed by atoms with Crippen LogP contribution in [-0.4, -0.2) is 58.3 Å². The van der Waals surface area contributed by atoms with E-state index < -0.39 is 5.54 Å². The van der Waals surface area contributed by atoms with E-state index >= 15 is 0 Å². The van der Waals surface area contributed by atoms with Crippen molar-refractivity contribution in [3.05, 3.63) is 16.6 Å². The van der Waals surface area contributed by atoms with E-state index in [1.165, 1.54) is 18.4 Å². The Morgan fingerprint density at radius 3 is 2.60 bits per heavy atom. The van der Waals surface area contributed by atoms with Crippen LogP contribution in [0.15, 0.2) is 11.7 Å². The van der Waals surface area contributed by atoms with Gasteiger partial charge in [0.15, 0.2) is 0 Å². The number of amides is 4. The van der Waals surface area contributed by atoms with Crippen molar-refractivity contribution in [2.75, 3.05) is 20.1 Å². The Kier molecular flexibility index (Phi) is 2.97. The molecule has 4 amide bonds. The molecule has 0 aromatic carbocycles. The number of carbonyl (C=O) groups is 3. The molecule has 2 aliphatic rings. The van der Waals surface area contributed by atoms with Crippen LogP contribution in [0.2, 0.25) is 0 Å². The smallest absolute Gasteiger partial charge is 0.324 e. The van der Waals surface area contributed by atoms with E-state index in [9.17, 15) is 14.4 Å². The molecule has 1 aromatic heterocycles. The van der Waals surface area contributed by atoms with Gasteiger partial charge in [-0.3, -0.25) is 19.5 Å². The predicted octanol–water partition coefficient (Wildman–Crippen LogP) is 0.299. The van der Waals surface area contributed by atoms with Crippen molar-refractivity contribution in [3.8, 4) is 0 Å². The van der Waals surface area contributed by atoms with Crippen molar-refractivity contribution in [1.29, 1.82) is 0 Å². The molecule has 1 N–H and O–H groups in total.